The van der Waals surface area contributed by atoms with Gasteiger partial charge in [0.1, 0.15) is 4.83 Å². The first kappa shape index (κ1) is 14.2. The van der Waals surface area contributed by atoms with E-state index in [1.54, 1.807) is 18.5 Å². The average molecular weight is 351 g/mol. The Morgan fingerprint density at radius 2 is 2.42 bits per heavy atom. The van der Waals surface area contributed by atoms with Crippen molar-refractivity contribution in [3.05, 3.63) is 9.81 Å². The van der Waals surface area contributed by atoms with Crippen molar-refractivity contribution in [3.63, 3.8) is 0 Å². The van der Waals surface area contributed by atoms with Crippen molar-refractivity contribution >= 4 is 54.5 Å². The molecule has 1 atom stereocenters. The molecule has 0 aromatic carbocycles. The predicted molar refractivity (Wildman–Crippen MR) is 72.7 cm³/mol. The minimum absolute atomic E-state index is 0.0747. The van der Waals surface area contributed by atoms with Crippen LogP contribution in [-0.4, -0.2) is 27.5 Å². The molecule has 0 aliphatic heterocycles. The van der Waals surface area contributed by atoms with Gasteiger partial charge in [-0.3, -0.25) is 5.32 Å². The number of anilines is 1. The first-order valence-electron chi connectivity index (χ1n) is 5.27. The van der Waals surface area contributed by atoms with E-state index < -0.39 is 11.3 Å². The Bertz CT molecular complexity index is 623. The Labute approximate surface area is 120 Å². The molecular weight excluding hydrogens is 340 g/mol. The number of carbonyl (C=O) groups excluding carboxylic acids is 1. The summed E-state index contributed by atoms with van der Waals surface area (Å²) in [7, 11) is 1.71. The Morgan fingerprint density at radius 1 is 1.74 bits per heavy atom. The maximum absolute atomic E-state index is 11.3. The Hall–Kier alpha value is -1.20. The van der Waals surface area contributed by atoms with Gasteiger partial charge in [0.15, 0.2) is 15.3 Å². The van der Waals surface area contributed by atoms with Crippen molar-refractivity contribution in [2.75, 3.05) is 11.9 Å². The number of thiazole rings is 1. The molecule has 0 saturated heterocycles. The number of hydrogen-bond donors (Lipinski definition) is 3. The fourth-order valence-corrected chi connectivity index (χ4v) is 3.13. The van der Waals surface area contributed by atoms with Crippen LogP contribution in [0.25, 0.3) is 10.3 Å². The van der Waals surface area contributed by atoms with E-state index in [0.29, 0.717) is 20.1 Å². The molecule has 0 bridgehead atoms. The molecule has 1 unspecified atom stereocenters. The number of amides is 1. The van der Waals surface area contributed by atoms with E-state index in [1.807, 2.05) is 0 Å². The number of fused-ring (bicyclic) bond motifs is 1. The van der Waals surface area contributed by atoms with Crippen LogP contribution >= 0.6 is 27.3 Å². The topological polar surface area (TPSA) is 104 Å². The molecule has 0 aliphatic carbocycles. The second kappa shape index (κ2) is 5.43. The SMILES string of the molecule is CCOC(=O)Nc1nc2c([NH+]([O-])O)c(Br)n(C)c2s1. The zero-order valence-electron chi connectivity index (χ0n) is 10.1. The maximum Gasteiger partial charge on any atom is 0.413 e. The minimum Gasteiger partial charge on any atom is -0.595 e. The van der Waals surface area contributed by atoms with Crippen molar-refractivity contribution in [2.45, 2.75) is 6.92 Å². The number of quaternary nitrogens is 1. The van der Waals surface area contributed by atoms with Gasteiger partial charge in [0.2, 0.25) is 5.69 Å². The predicted octanol–water partition coefficient (Wildman–Crippen LogP) is 1.37. The summed E-state index contributed by atoms with van der Waals surface area (Å²) in [5.74, 6) is 0. The van der Waals surface area contributed by atoms with Gasteiger partial charge >= 0.3 is 6.09 Å². The first-order valence-corrected chi connectivity index (χ1v) is 6.88. The quantitative estimate of drug-likeness (QED) is 0.725. The Balaban J connectivity index is 2.41. The number of halogens is 1. The molecule has 2 heterocycles. The van der Waals surface area contributed by atoms with Gasteiger partial charge in [-0.1, -0.05) is 11.3 Å². The van der Waals surface area contributed by atoms with Crippen LogP contribution in [-0.2, 0) is 11.8 Å². The van der Waals surface area contributed by atoms with Crippen LogP contribution < -0.4 is 10.5 Å². The monoisotopic (exact) mass is 350 g/mol. The summed E-state index contributed by atoms with van der Waals surface area (Å²) < 4.78 is 6.83. The number of rotatable bonds is 3. The van der Waals surface area contributed by atoms with Gasteiger partial charge in [0.25, 0.3) is 0 Å². The summed E-state index contributed by atoms with van der Waals surface area (Å²) in [4.78, 5) is 16.0. The molecule has 0 radical (unpaired) electrons. The van der Waals surface area contributed by atoms with Gasteiger partial charge in [-0.25, -0.2) is 15.0 Å². The lowest BCUT2D eigenvalue weighted by Crippen LogP contribution is -2.99. The summed E-state index contributed by atoms with van der Waals surface area (Å²) in [6.45, 7) is 1.94. The number of ether oxygens (including phenoxy) is 1. The number of aryl methyl sites for hydroxylation is 1. The fourth-order valence-electron chi connectivity index (χ4n) is 1.55. The van der Waals surface area contributed by atoms with E-state index in [-0.39, 0.29) is 12.3 Å². The van der Waals surface area contributed by atoms with Gasteiger partial charge in [-0.05, 0) is 22.9 Å². The lowest BCUT2D eigenvalue weighted by atomic mass is 10.5. The third kappa shape index (κ3) is 2.58. The summed E-state index contributed by atoms with van der Waals surface area (Å²) in [6, 6.07) is 0. The van der Waals surface area contributed by atoms with Crippen LogP contribution in [0, 0.1) is 5.21 Å². The normalized spacial score (nSPS) is 12.7. The largest absolute Gasteiger partial charge is 0.595 e. The van der Waals surface area contributed by atoms with E-state index in [2.05, 4.69) is 26.2 Å². The average Bonchev–Trinajstić information content (AvgIpc) is 2.79. The van der Waals surface area contributed by atoms with Crippen molar-refractivity contribution in [3.8, 4) is 0 Å². The van der Waals surface area contributed by atoms with Gasteiger partial charge in [-0.15, -0.1) is 0 Å². The molecule has 104 valence electrons. The Kier molecular flexibility index (Phi) is 4.06. The number of nitrogens with one attached hydrogen (secondary N) is 2. The van der Waals surface area contributed by atoms with Crippen molar-refractivity contribution in [1.82, 2.24) is 9.55 Å². The summed E-state index contributed by atoms with van der Waals surface area (Å²) in [5.41, 5.74) is 0.407. The highest BCUT2D eigenvalue weighted by molar-refractivity contribution is 9.10. The number of nitrogens with zero attached hydrogens (tertiary/aromatic N) is 2. The highest BCUT2D eigenvalue weighted by Crippen LogP contribution is 2.36. The molecule has 8 nitrogen and oxygen atoms in total. The lowest BCUT2D eigenvalue weighted by Gasteiger charge is -2.10. The lowest BCUT2D eigenvalue weighted by molar-refractivity contribution is -0.990. The molecule has 0 fully saturated rings. The smallest absolute Gasteiger partial charge is 0.413 e. The maximum atomic E-state index is 11.3. The van der Waals surface area contributed by atoms with E-state index in [9.17, 15) is 10.0 Å². The second-order valence-corrected chi connectivity index (χ2v) is 5.28. The van der Waals surface area contributed by atoms with Gasteiger partial charge < -0.3 is 14.5 Å². The molecule has 2 rings (SSSR count). The molecule has 1 amide bonds. The van der Waals surface area contributed by atoms with E-state index >= 15 is 0 Å². The highest BCUT2D eigenvalue weighted by Gasteiger charge is 2.24. The Morgan fingerprint density at radius 3 is 3.00 bits per heavy atom. The molecule has 0 aliphatic rings. The van der Waals surface area contributed by atoms with Crippen LogP contribution in [0.15, 0.2) is 4.60 Å². The molecule has 0 spiro atoms. The van der Waals surface area contributed by atoms with Crippen LogP contribution in [0.2, 0.25) is 0 Å². The van der Waals surface area contributed by atoms with E-state index in [4.69, 9.17) is 9.94 Å². The second-order valence-electron chi connectivity index (χ2n) is 3.55. The first-order chi connectivity index (χ1) is 8.95. The van der Waals surface area contributed by atoms with E-state index in [1.165, 1.54) is 11.3 Å². The fraction of sp³-hybridized carbons (Fsp3) is 0.333. The van der Waals surface area contributed by atoms with Crippen molar-refractivity contribution in [1.29, 1.82) is 0 Å². The van der Waals surface area contributed by atoms with Crippen molar-refractivity contribution < 1.29 is 20.0 Å². The number of hydrogen-bond acceptors (Lipinski definition) is 6. The third-order valence-corrected chi connectivity index (χ3v) is 4.33. The third-order valence-electron chi connectivity index (χ3n) is 2.35. The van der Waals surface area contributed by atoms with E-state index in [0.717, 1.165) is 0 Å². The molecule has 3 N–H and O–H groups in total. The molecule has 2 aromatic heterocycles. The zero-order valence-corrected chi connectivity index (χ0v) is 12.5. The zero-order chi connectivity index (χ0) is 14.2. The van der Waals surface area contributed by atoms with Gasteiger partial charge in [0.05, 0.1) is 6.61 Å². The van der Waals surface area contributed by atoms with Crippen molar-refractivity contribution in [2.24, 2.45) is 7.05 Å². The van der Waals surface area contributed by atoms with Crippen LogP contribution in [0.3, 0.4) is 0 Å². The highest BCUT2D eigenvalue weighted by atomic mass is 79.9. The van der Waals surface area contributed by atoms with Gasteiger partial charge in [0, 0.05) is 7.05 Å². The van der Waals surface area contributed by atoms with Crippen LogP contribution in [0.5, 0.6) is 0 Å². The number of carbonyl (C=O) groups is 1. The van der Waals surface area contributed by atoms with Crippen LogP contribution in [0.1, 0.15) is 6.92 Å². The van der Waals surface area contributed by atoms with Gasteiger partial charge in [-0.2, -0.15) is 5.23 Å². The minimum atomic E-state index is -1.08. The molecule has 19 heavy (non-hydrogen) atoms. The summed E-state index contributed by atoms with van der Waals surface area (Å²) in [5, 5.41) is 22.0. The summed E-state index contributed by atoms with van der Waals surface area (Å²) in [6.07, 6.45) is -0.613. The standard InChI is InChI=1S/C9H11BrN4O4S/c1-3-18-9(15)12-8-11-4-5(14(16)17)6(10)13(2)7(4)19-8/h14,16H,3H2,1-2H3,(H,11,12,15). The molecule has 0 saturated carbocycles. The molecular formula is C9H11BrN4O4S. The molecule has 2 aromatic rings. The molecule has 10 heteroatoms. The van der Waals surface area contributed by atoms with Crippen LogP contribution in [0.4, 0.5) is 15.6 Å². The number of aromatic nitrogens is 2. The summed E-state index contributed by atoms with van der Waals surface area (Å²) >= 11 is 4.39.